The number of fused-ring (bicyclic) bond motifs is 1. The van der Waals surface area contributed by atoms with E-state index in [-0.39, 0.29) is 5.56 Å². The zero-order valence-corrected chi connectivity index (χ0v) is 11.5. The van der Waals surface area contributed by atoms with Crippen molar-refractivity contribution < 1.29 is 9.90 Å². The summed E-state index contributed by atoms with van der Waals surface area (Å²) < 4.78 is 2.04. The quantitative estimate of drug-likeness (QED) is 0.922. The van der Waals surface area contributed by atoms with Crippen LogP contribution in [0.15, 0.2) is 18.2 Å². The molecule has 2 aromatic rings. The third-order valence-corrected chi connectivity index (χ3v) is 3.85. The zero-order valence-electron chi connectivity index (χ0n) is 10.7. The molecule has 1 N–H and O–H groups in total. The van der Waals surface area contributed by atoms with E-state index in [0.29, 0.717) is 5.92 Å². The number of rotatable bonds is 4. The van der Waals surface area contributed by atoms with Gasteiger partial charge in [-0.1, -0.05) is 6.92 Å². The van der Waals surface area contributed by atoms with E-state index < -0.39 is 5.97 Å². The molecular formula is C13H16N2O2S. The third-order valence-electron chi connectivity index (χ3n) is 3.02. The molecular weight excluding hydrogens is 248 g/mol. The summed E-state index contributed by atoms with van der Waals surface area (Å²) in [5.41, 5.74) is 2.01. The molecule has 1 aromatic heterocycles. The molecule has 0 spiro atoms. The number of carboxylic acid groups (broad SMARTS) is 1. The van der Waals surface area contributed by atoms with Gasteiger partial charge in [-0.25, -0.2) is 9.78 Å². The molecule has 0 aliphatic carbocycles. The summed E-state index contributed by atoms with van der Waals surface area (Å²) in [5.74, 6) is 1.44. The van der Waals surface area contributed by atoms with Crippen LogP contribution in [0, 0.1) is 0 Å². The monoisotopic (exact) mass is 264 g/mol. The number of aryl methyl sites for hydroxylation is 1. The maximum Gasteiger partial charge on any atom is 0.335 e. The van der Waals surface area contributed by atoms with Gasteiger partial charge in [-0.05, 0) is 24.5 Å². The highest BCUT2D eigenvalue weighted by Crippen LogP contribution is 2.23. The topological polar surface area (TPSA) is 55.1 Å². The number of aromatic carboxylic acids is 1. The van der Waals surface area contributed by atoms with Crippen molar-refractivity contribution >= 4 is 28.8 Å². The van der Waals surface area contributed by atoms with E-state index in [1.165, 1.54) is 0 Å². The molecule has 0 radical (unpaired) electrons. The standard InChI is InChI=1S/C13H16N2O2S/c1-8(7-18-3)12-14-10-6-9(13(16)17)4-5-11(10)15(12)2/h4-6,8H,7H2,1-3H3,(H,16,17). The minimum absolute atomic E-state index is 0.282. The average molecular weight is 264 g/mol. The zero-order chi connectivity index (χ0) is 13.3. The van der Waals surface area contributed by atoms with Crippen LogP contribution in [0.1, 0.15) is 29.0 Å². The highest BCUT2D eigenvalue weighted by molar-refractivity contribution is 7.98. The molecule has 1 atom stereocenters. The summed E-state index contributed by atoms with van der Waals surface area (Å²) in [6.07, 6.45) is 2.07. The van der Waals surface area contributed by atoms with Crippen molar-refractivity contribution in [2.75, 3.05) is 12.0 Å². The van der Waals surface area contributed by atoms with Crippen molar-refractivity contribution in [2.24, 2.45) is 7.05 Å². The minimum Gasteiger partial charge on any atom is -0.478 e. The van der Waals surface area contributed by atoms with Gasteiger partial charge in [0.15, 0.2) is 0 Å². The molecule has 18 heavy (non-hydrogen) atoms. The summed E-state index contributed by atoms with van der Waals surface area (Å²) in [6, 6.07) is 5.07. The van der Waals surface area contributed by atoms with E-state index in [1.807, 2.05) is 17.7 Å². The Morgan fingerprint density at radius 3 is 2.89 bits per heavy atom. The Labute approximate surface area is 110 Å². The largest absolute Gasteiger partial charge is 0.478 e. The molecule has 0 bridgehead atoms. The second-order valence-electron chi connectivity index (χ2n) is 4.39. The predicted molar refractivity (Wildman–Crippen MR) is 74.5 cm³/mol. The van der Waals surface area contributed by atoms with Crippen molar-refractivity contribution in [3.8, 4) is 0 Å². The summed E-state index contributed by atoms with van der Waals surface area (Å²) >= 11 is 1.78. The molecule has 0 aliphatic heterocycles. The number of nitrogens with zero attached hydrogens (tertiary/aromatic N) is 2. The summed E-state index contributed by atoms with van der Waals surface area (Å²) in [6.45, 7) is 2.13. The molecule has 4 nitrogen and oxygen atoms in total. The highest BCUT2D eigenvalue weighted by atomic mass is 32.2. The van der Waals surface area contributed by atoms with Crippen LogP contribution in [-0.2, 0) is 7.05 Å². The molecule has 0 fully saturated rings. The second kappa shape index (κ2) is 5.02. The van der Waals surface area contributed by atoms with Crippen LogP contribution in [0.25, 0.3) is 11.0 Å². The molecule has 2 rings (SSSR count). The van der Waals surface area contributed by atoms with Crippen molar-refractivity contribution in [2.45, 2.75) is 12.8 Å². The normalized spacial score (nSPS) is 12.8. The molecule has 1 unspecified atom stereocenters. The number of benzene rings is 1. The summed E-state index contributed by atoms with van der Waals surface area (Å²) in [4.78, 5) is 15.5. The first-order chi connectivity index (χ1) is 8.54. The van der Waals surface area contributed by atoms with Gasteiger partial charge in [0.05, 0.1) is 16.6 Å². The van der Waals surface area contributed by atoms with Gasteiger partial charge in [-0.15, -0.1) is 0 Å². The SMILES string of the molecule is CSCC(C)c1nc2cc(C(=O)O)ccc2n1C. The molecule has 5 heteroatoms. The third kappa shape index (κ3) is 2.22. The lowest BCUT2D eigenvalue weighted by atomic mass is 10.2. The van der Waals surface area contributed by atoms with Gasteiger partial charge >= 0.3 is 5.97 Å². The lowest BCUT2D eigenvalue weighted by molar-refractivity contribution is 0.0697. The van der Waals surface area contributed by atoms with Gasteiger partial charge in [0.1, 0.15) is 5.82 Å². The van der Waals surface area contributed by atoms with E-state index >= 15 is 0 Å². The maximum absolute atomic E-state index is 10.9. The predicted octanol–water partition coefficient (Wildman–Crippen LogP) is 2.74. The Morgan fingerprint density at radius 2 is 2.28 bits per heavy atom. The molecule has 1 aromatic carbocycles. The molecule has 0 saturated heterocycles. The summed E-state index contributed by atoms with van der Waals surface area (Å²) in [7, 11) is 1.97. The molecule has 1 heterocycles. The van der Waals surface area contributed by atoms with Crippen molar-refractivity contribution in [3.05, 3.63) is 29.6 Å². The summed E-state index contributed by atoms with van der Waals surface area (Å²) in [5, 5.41) is 8.98. The van der Waals surface area contributed by atoms with E-state index in [4.69, 9.17) is 5.11 Å². The first-order valence-corrected chi connectivity index (χ1v) is 7.12. The van der Waals surface area contributed by atoms with E-state index in [0.717, 1.165) is 22.6 Å². The Balaban J connectivity index is 2.51. The first kappa shape index (κ1) is 13.0. The first-order valence-electron chi connectivity index (χ1n) is 5.73. The molecule has 0 saturated carbocycles. The van der Waals surface area contributed by atoms with Crippen LogP contribution in [0.3, 0.4) is 0 Å². The highest BCUT2D eigenvalue weighted by Gasteiger charge is 2.15. The van der Waals surface area contributed by atoms with Crippen LogP contribution in [0.4, 0.5) is 0 Å². The number of thioether (sulfide) groups is 1. The molecule has 0 aliphatic rings. The second-order valence-corrected chi connectivity index (χ2v) is 5.30. The van der Waals surface area contributed by atoms with Crippen LogP contribution >= 0.6 is 11.8 Å². The van der Waals surface area contributed by atoms with Crippen LogP contribution in [0.5, 0.6) is 0 Å². The molecule has 96 valence electrons. The number of carbonyl (C=O) groups is 1. The van der Waals surface area contributed by atoms with Gasteiger partial charge < -0.3 is 9.67 Å². The van der Waals surface area contributed by atoms with Gasteiger partial charge in [0.2, 0.25) is 0 Å². The van der Waals surface area contributed by atoms with Gasteiger partial charge in [-0.3, -0.25) is 0 Å². The van der Waals surface area contributed by atoms with Crippen molar-refractivity contribution in [3.63, 3.8) is 0 Å². The van der Waals surface area contributed by atoms with E-state index in [1.54, 1.807) is 23.9 Å². The lowest BCUT2D eigenvalue weighted by Gasteiger charge is -2.09. The maximum atomic E-state index is 10.9. The number of hydrogen-bond acceptors (Lipinski definition) is 3. The number of carboxylic acids is 1. The number of hydrogen-bond donors (Lipinski definition) is 1. The fraction of sp³-hybridized carbons (Fsp3) is 0.385. The van der Waals surface area contributed by atoms with Gasteiger partial charge in [0, 0.05) is 18.7 Å². The van der Waals surface area contributed by atoms with E-state index in [9.17, 15) is 4.79 Å². The molecule has 0 amide bonds. The Kier molecular flexibility index (Phi) is 3.61. The van der Waals surface area contributed by atoms with Crippen LogP contribution < -0.4 is 0 Å². The smallest absolute Gasteiger partial charge is 0.335 e. The fourth-order valence-electron chi connectivity index (χ4n) is 2.12. The Hall–Kier alpha value is -1.49. The van der Waals surface area contributed by atoms with Crippen molar-refractivity contribution in [1.29, 1.82) is 0 Å². The fourth-order valence-corrected chi connectivity index (χ4v) is 2.77. The van der Waals surface area contributed by atoms with Gasteiger partial charge in [-0.2, -0.15) is 11.8 Å². The lowest BCUT2D eigenvalue weighted by Crippen LogP contribution is -2.05. The Morgan fingerprint density at radius 1 is 1.56 bits per heavy atom. The van der Waals surface area contributed by atoms with Crippen LogP contribution in [-0.4, -0.2) is 32.6 Å². The van der Waals surface area contributed by atoms with E-state index in [2.05, 4.69) is 18.2 Å². The number of aromatic nitrogens is 2. The van der Waals surface area contributed by atoms with Gasteiger partial charge in [0.25, 0.3) is 0 Å². The minimum atomic E-state index is -0.915. The van der Waals surface area contributed by atoms with Crippen molar-refractivity contribution in [1.82, 2.24) is 9.55 Å². The Bertz CT molecular complexity index is 592. The average Bonchev–Trinajstić information content (AvgIpc) is 2.66. The number of imidazole rings is 1. The van der Waals surface area contributed by atoms with Crippen LogP contribution in [0.2, 0.25) is 0 Å².